The van der Waals surface area contributed by atoms with Crippen LogP contribution in [0.15, 0.2) is 6.07 Å². The van der Waals surface area contributed by atoms with Crippen molar-refractivity contribution >= 4 is 5.82 Å². The molecule has 18 heavy (non-hydrogen) atoms. The van der Waals surface area contributed by atoms with Crippen molar-refractivity contribution in [3.05, 3.63) is 11.9 Å². The van der Waals surface area contributed by atoms with Crippen LogP contribution >= 0.6 is 0 Å². The lowest BCUT2D eigenvalue weighted by molar-refractivity contribution is 0.176. The Kier molecular flexibility index (Phi) is 6.38. The maximum Gasteiger partial charge on any atom is 0.218 e. The topological polar surface area (TPSA) is 59.5 Å². The van der Waals surface area contributed by atoms with E-state index in [1.165, 1.54) is 0 Å². The molecule has 0 aliphatic heterocycles. The van der Waals surface area contributed by atoms with E-state index < -0.39 is 0 Å². The molecule has 6 heteroatoms. The predicted molar refractivity (Wildman–Crippen MR) is 71.0 cm³/mol. The molecule has 1 rings (SSSR count). The van der Waals surface area contributed by atoms with Crippen LogP contribution in [0.5, 0.6) is 5.88 Å². The van der Waals surface area contributed by atoms with Crippen molar-refractivity contribution in [3.63, 3.8) is 0 Å². The molecule has 1 aromatic heterocycles. The highest BCUT2D eigenvalue weighted by molar-refractivity contribution is 5.37. The van der Waals surface area contributed by atoms with Crippen LogP contribution in [0.4, 0.5) is 5.82 Å². The first kappa shape index (κ1) is 14.7. The zero-order valence-electron chi connectivity index (χ0n) is 11.6. The summed E-state index contributed by atoms with van der Waals surface area (Å²) in [6.45, 7) is 2.02. The predicted octanol–water partition coefficient (Wildman–Crippen LogP) is 0.995. The Morgan fingerprint density at radius 1 is 1.33 bits per heavy atom. The van der Waals surface area contributed by atoms with E-state index in [9.17, 15) is 0 Å². The average Bonchev–Trinajstić information content (AvgIpc) is 2.34. The van der Waals surface area contributed by atoms with E-state index in [0.717, 1.165) is 18.8 Å². The third kappa shape index (κ3) is 5.29. The summed E-state index contributed by atoms with van der Waals surface area (Å²) in [5.74, 6) is 1.94. The molecule has 0 atom stereocenters. The number of hydrogen-bond acceptors (Lipinski definition) is 6. The first-order valence-corrected chi connectivity index (χ1v) is 5.98. The minimum atomic E-state index is 0.379. The van der Waals surface area contributed by atoms with Gasteiger partial charge in [0, 0.05) is 26.8 Å². The van der Waals surface area contributed by atoms with Gasteiger partial charge in [-0.05, 0) is 20.5 Å². The van der Waals surface area contributed by atoms with Crippen LogP contribution in [0.2, 0.25) is 0 Å². The van der Waals surface area contributed by atoms with Crippen molar-refractivity contribution in [2.75, 3.05) is 46.7 Å². The molecule has 0 aromatic carbocycles. The lowest BCUT2D eigenvalue weighted by Gasteiger charge is -2.11. The van der Waals surface area contributed by atoms with Gasteiger partial charge in [0.15, 0.2) is 5.82 Å². The highest BCUT2D eigenvalue weighted by atomic mass is 16.5. The minimum Gasteiger partial charge on any atom is -0.477 e. The number of nitrogens with zero attached hydrogens (tertiary/aromatic N) is 3. The Morgan fingerprint density at radius 2 is 2.11 bits per heavy atom. The monoisotopic (exact) mass is 254 g/mol. The van der Waals surface area contributed by atoms with Crippen LogP contribution in [0, 0.1) is 0 Å². The zero-order valence-corrected chi connectivity index (χ0v) is 11.6. The first-order valence-electron chi connectivity index (χ1n) is 5.98. The molecule has 1 heterocycles. The molecular formula is C12H22N4O2. The van der Waals surface area contributed by atoms with Gasteiger partial charge in [-0.1, -0.05) is 0 Å². The molecule has 0 aliphatic rings. The summed E-state index contributed by atoms with van der Waals surface area (Å²) in [7, 11) is 7.52. The number of rotatable bonds is 8. The van der Waals surface area contributed by atoms with Crippen molar-refractivity contribution in [2.45, 2.75) is 13.0 Å². The van der Waals surface area contributed by atoms with Gasteiger partial charge in [-0.15, -0.1) is 0 Å². The van der Waals surface area contributed by atoms with Crippen molar-refractivity contribution in [3.8, 4) is 5.88 Å². The van der Waals surface area contributed by atoms with Crippen molar-refractivity contribution in [2.24, 2.45) is 0 Å². The Morgan fingerprint density at radius 3 is 2.72 bits per heavy atom. The fraction of sp³-hybridized carbons (Fsp3) is 0.667. The molecule has 0 spiro atoms. The van der Waals surface area contributed by atoms with Crippen LogP contribution in [0.3, 0.4) is 0 Å². The second kappa shape index (κ2) is 7.84. The quantitative estimate of drug-likeness (QED) is 0.698. The number of hydrogen-bond donors (Lipinski definition) is 1. The van der Waals surface area contributed by atoms with E-state index in [2.05, 4.69) is 20.2 Å². The molecule has 0 unspecified atom stereocenters. The van der Waals surface area contributed by atoms with Gasteiger partial charge in [0.2, 0.25) is 5.88 Å². The Balaban J connectivity index is 2.55. The summed E-state index contributed by atoms with van der Waals surface area (Å²) in [6.07, 6.45) is 0.964. The summed E-state index contributed by atoms with van der Waals surface area (Å²) in [4.78, 5) is 10.7. The number of nitrogens with one attached hydrogen (secondary N) is 1. The highest BCUT2D eigenvalue weighted by Gasteiger charge is 2.04. The summed E-state index contributed by atoms with van der Waals surface area (Å²) >= 11 is 0. The smallest absolute Gasteiger partial charge is 0.218 e. The molecule has 0 aliphatic carbocycles. The van der Waals surface area contributed by atoms with Gasteiger partial charge in [0.1, 0.15) is 12.4 Å². The third-order valence-electron chi connectivity index (χ3n) is 2.28. The maximum absolute atomic E-state index is 5.61. The van der Waals surface area contributed by atoms with Gasteiger partial charge >= 0.3 is 0 Å². The lowest BCUT2D eigenvalue weighted by Crippen LogP contribution is -2.16. The van der Waals surface area contributed by atoms with Gasteiger partial charge in [-0.3, -0.25) is 0 Å². The van der Waals surface area contributed by atoms with Gasteiger partial charge in [-0.2, -0.15) is 4.98 Å². The molecule has 1 aromatic rings. The molecule has 0 saturated carbocycles. The molecule has 0 amide bonds. The van der Waals surface area contributed by atoms with Crippen LogP contribution in [-0.4, -0.2) is 56.3 Å². The van der Waals surface area contributed by atoms with E-state index in [1.54, 1.807) is 13.2 Å². The van der Waals surface area contributed by atoms with Crippen LogP contribution in [-0.2, 0) is 11.3 Å². The van der Waals surface area contributed by atoms with Crippen molar-refractivity contribution in [1.29, 1.82) is 0 Å². The van der Waals surface area contributed by atoms with Gasteiger partial charge in [-0.25, -0.2) is 4.98 Å². The normalized spacial score (nSPS) is 10.7. The summed E-state index contributed by atoms with van der Waals surface area (Å²) in [6, 6.07) is 1.79. The number of methoxy groups -OCH3 is 1. The van der Waals surface area contributed by atoms with Crippen molar-refractivity contribution in [1.82, 2.24) is 14.9 Å². The summed E-state index contributed by atoms with van der Waals surface area (Å²) in [5, 5.41) is 2.98. The van der Waals surface area contributed by atoms with Crippen molar-refractivity contribution < 1.29 is 9.47 Å². The SMILES string of the molecule is CNc1cc(OCCCN(C)C)nc(COC)n1. The second-order valence-electron chi connectivity index (χ2n) is 4.20. The standard InChI is InChI=1S/C12H22N4O2/c1-13-10-8-12(15-11(14-10)9-17-4)18-7-5-6-16(2)3/h8H,5-7,9H2,1-4H3,(H,13,14,15). The molecule has 0 fully saturated rings. The first-order chi connectivity index (χ1) is 8.65. The summed E-state index contributed by atoms with van der Waals surface area (Å²) in [5.41, 5.74) is 0. The minimum absolute atomic E-state index is 0.379. The van der Waals surface area contributed by atoms with E-state index in [-0.39, 0.29) is 0 Å². The Hall–Kier alpha value is -1.40. The molecule has 0 saturated heterocycles. The van der Waals surface area contributed by atoms with Gasteiger partial charge < -0.3 is 19.7 Å². The van der Waals surface area contributed by atoms with E-state index in [1.807, 2.05) is 21.1 Å². The van der Waals surface area contributed by atoms with Gasteiger partial charge in [0.25, 0.3) is 0 Å². The van der Waals surface area contributed by atoms with Gasteiger partial charge in [0.05, 0.1) is 6.61 Å². The van der Waals surface area contributed by atoms with Crippen LogP contribution in [0.1, 0.15) is 12.2 Å². The Labute approximate surface area is 108 Å². The second-order valence-corrected chi connectivity index (χ2v) is 4.20. The summed E-state index contributed by atoms with van der Waals surface area (Å²) < 4.78 is 10.6. The molecule has 0 bridgehead atoms. The molecule has 6 nitrogen and oxygen atoms in total. The molecule has 0 radical (unpaired) electrons. The third-order valence-corrected chi connectivity index (χ3v) is 2.28. The van der Waals surface area contributed by atoms with Crippen LogP contribution in [0.25, 0.3) is 0 Å². The van der Waals surface area contributed by atoms with Crippen LogP contribution < -0.4 is 10.1 Å². The largest absolute Gasteiger partial charge is 0.477 e. The van der Waals surface area contributed by atoms with E-state index in [0.29, 0.717) is 24.9 Å². The highest BCUT2D eigenvalue weighted by Crippen LogP contribution is 2.13. The average molecular weight is 254 g/mol. The zero-order chi connectivity index (χ0) is 13.4. The molecule has 1 N–H and O–H groups in total. The fourth-order valence-corrected chi connectivity index (χ4v) is 1.43. The van der Waals surface area contributed by atoms with E-state index >= 15 is 0 Å². The number of anilines is 1. The number of ether oxygens (including phenoxy) is 2. The lowest BCUT2D eigenvalue weighted by atomic mass is 10.4. The molecular weight excluding hydrogens is 232 g/mol. The fourth-order valence-electron chi connectivity index (χ4n) is 1.43. The number of aromatic nitrogens is 2. The molecule has 102 valence electrons. The van der Waals surface area contributed by atoms with E-state index in [4.69, 9.17) is 9.47 Å². The Bertz CT molecular complexity index is 358. The maximum atomic E-state index is 5.61.